The van der Waals surface area contributed by atoms with Crippen molar-refractivity contribution >= 4 is 22.8 Å². The molecular weight excluding hydrogens is 448 g/mol. The first-order valence-electron chi connectivity index (χ1n) is 10.8. The molecule has 0 fully saturated rings. The second-order valence-electron chi connectivity index (χ2n) is 7.70. The van der Waals surface area contributed by atoms with Crippen molar-refractivity contribution in [3.8, 4) is 5.75 Å². The summed E-state index contributed by atoms with van der Waals surface area (Å²) in [4.78, 5) is 37.1. The summed E-state index contributed by atoms with van der Waals surface area (Å²) in [6, 6.07) is 7.65. The molecule has 1 N–H and O–H groups in total. The summed E-state index contributed by atoms with van der Waals surface area (Å²) >= 11 is 5.96. The Labute approximate surface area is 194 Å². The fourth-order valence-electron chi connectivity index (χ4n) is 3.63. The number of methoxy groups -OCH3 is 1. The highest BCUT2D eigenvalue weighted by atomic mass is 35.5. The summed E-state index contributed by atoms with van der Waals surface area (Å²) in [5.41, 5.74) is 0.728. The van der Waals surface area contributed by atoms with E-state index in [1.54, 1.807) is 7.11 Å². The van der Waals surface area contributed by atoms with Gasteiger partial charge in [-0.25, -0.2) is 4.79 Å². The number of H-pyrrole nitrogens is 1. The van der Waals surface area contributed by atoms with Crippen LogP contribution in [0, 0.1) is 0 Å². The van der Waals surface area contributed by atoms with E-state index in [-0.39, 0.29) is 17.3 Å². The fourth-order valence-corrected chi connectivity index (χ4v) is 3.81. The lowest BCUT2D eigenvalue weighted by Crippen LogP contribution is -2.40. The number of nitrogens with zero attached hydrogens (tertiary/aromatic N) is 5. The zero-order chi connectivity index (χ0) is 23.4. The molecule has 1 aromatic carbocycles. The number of ether oxygens (including phenoxy) is 1. The van der Waals surface area contributed by atoms with Crippen LogP contribution >= 0.6 is 11.6 Å². The number of aromatic nitrogens is 6. The number of imidazole rings is 1. The second kappa shape index (κ2) is 10.0. The van der Waals surface area contributed by atoms with Crippen LogP contribution in [0.25, 0.3) is 11.2 Å². The number of halogens is 1. The Morgan fingerprint density at radius 2 is 1.85 bits per heavy atom. The summed E-state index contributed by atoms with van der Waals surface area (Å²) in [5.74, 6) is 1.82. The highest BCUT2D eigenvalue weighted by Gasteiger charge is 2.17. The number of benzene rings is 1. The van der Waals surface area contributed by atoms with Crippen LogP contribution in [0.15, 0.2) is 38.4 Å². The van der Waals surface area contributed by atoms with Gasteiger partial charge in [0.25, 0.3) is 5.56 Å². The first kappa shape index (κ1) is 22.8. The van der Waals surface area contributed by atoms with Crippen LogP contribution in [0.4, 0.5) is 0 Å². The molecule has 3 heterocycles. The molecule has 174 valence electrons. The molecular formula is C22H25ClN6O4. The van der Waals surface area contributed by atoms with Crippen LogP contribution in [0.5, 0.6) is 5.75 Å². The van der Waals surface area contributed by atoms with E-state index < -0.39 is 11.2 Å². The van der Waals surface area contributed by atoms with Gasteiger partial charge in [-0.05, 0) is 42.1 Å². The van der Waals surface area contributed by atoms with Gasteiger partial charge in [0.15, 0.2) is 17.0 Å². The summed E-state index contributed by atoms with van der Waals surface area (Å²) < 4.78 is 13.2. The van der Waals surface area contributed by atoms with Crippen molar-refractivity contribution in [2.24, 2.45) is 0 Å². The minimum absolute atomic E-state index is 0.0831. The largest absolute Gasteiger partial charge is 0.497 e. The smallest absolute Gasteiger partial charge is 0.332 e. The van der Waals surface area contributed by atoms with Gasteiger partial charge in [-0.3, -0.25) is 13.9 Å². The molecule has 0 aliphatic carbocycles. The topological polar surface area (TPSA) is 121 Å². The van der Waals surface area contributed by atoms with Crippen molar-refractivity contribution in [1.29, 1.82) is 0 Å². The maximum absolute atomic E-state index is 13.0. The van der Waals surface area contributed by atoms with Crippen LogP contribution in [-0.4, -0.2) is 36.4 Å². The van der Waals surface area contributed by atoms with E-state index in [4.69, 9.17) is 20.9 Å². The lowest BCUT2D eigenvalue weighted by molar-refractivity contribution is 0.367. The summed E-state index contributed by atoms with van der Waals surface area (Å²) in [7, 11) is 1.62. The molecule has 0 atom stereocenters. The van der Waals surface area contributed by atoms with Gasteiger partial charge >= 0.3 is 5.69 Å². The molecule has 0 aliphatic rings. The molecule has 33 heavy (non-hydrogen) atoms. The van der Waals surface area contributed by atoms with Crippen LogP contribution in [-0.2, 0) is 25.9 Å². The summed E-state index contributed by atoms with van der Waals surface area (Å²) in [6.07, 6.45) is 3.16. The molecule has 0 saturated heterocycles. The van der Waals surface area contributed by atoms with Gasteiger partial charge in [-0.15, -0.1) is 0 Å². The average Bonchev–Trinajstić information content (AvgIpc) is 3.43. The van der Waals surface area contributed by atoms with Crippen molar-refractivity contribution < 1.29 is 9.26 Å². The number of rotatable bonds is 10. The van der Waals surface area contributed by atoms with Crippen LogP contribution in [0.2, 0.25) is 5.28 Å². The summed E-state index contributed by atoms with van der Waals surface area (Å²) in [5, 5.41) is 4.11. The van der Waals surface area contributed by atoms with Crippen molar-refractivity contribution in [1.82, 2.24) is 29.2 Å². The van der Waals surface area contributed by atoms with Crippen molar-refractivity contribution in [3.05, 3.63) is 67.7 Å². The van der Waals surface area contributed by atoms with Gasteiger partial charge in [0.05, 0.1) is 7.11 Å². The van der Waals surface area contributed by atoms with Gasteiger partial charge in [-0.1, -0.05) is 30.6 Å². The zero-order valence-electron chi connectivity index (χ0n) is 18.5. The lowest BCUT2D eigenvalue weighted by Gasteiger charge is -2.10. The van der Waals surface area contributed by atoms with Gasteiger partial charge in [0.2, 0.25) is 11.2 Å². The predicted molar refractivity (Wildman–Crippen MR) is 123 cm³/mol. The number of fused-ring (bicyclic) bond motifs is 1. The Bertz CT molecular complexity index is 1350. The van der Waals surface area contributed by atoms with Gasteiger partial charge < -0.3 is 14.2 Å². The first-order valence-corrected chi connectivity index (χ1v) is 11.2. The number of hydrogen-bond acceptors (Lipinski definition) is 7. The predicted octanol–water partition coefficient (Wildman–Crippen LogP) is 2.96. The van der Waals surface area contributed by atoms with E-state index in [0.717, 1.165) is 24.2 Å². The quantitative estimate of drug-likeness (QED) is 0.352. The molecule has 10 nitrogen and oxygen atoms in total. The van der Waals surface area contributed by atoms with Gasteiger partial charge in [0, 0.05) is 25.9 Å². The van der Waals surface area contributed by atoms with Gasteiger partial charge in [-0.2, -0.15) is 9.97 Å². The maximum atomic E-state index is 13.0. The van der Waals surface area contributed by atoms with Crippen molar-refractivity contribution in [2.45, 2.75) is 52.1 Å². The van der Waals surface area contributed by atoms with E-state index in [0.29, 0.717) is 43.2 Å². The molecule has 3 aromatic heterocycles. The van der Waals surface area contributed by atoms with Crippen molar-refractivity contribution in [3.63, 3.8) is 0 Å². The molecule has 0 bridgehead atoms. The monoisotopic (exact) mass is 472 g/mol. The third kappa shape index (κ3) is 5.00. The van der Waals surface area contributed by atoms with E-state index in [1.165, 1.54) is 9.13 Å². The normalized spacial score (nSPS) is 11.4. The number of nitrogens with one attached hydrogen (secondary N) is 1. The highest BCUT2D eigenvalue weighted by Crippen LogP contribution is 2.14. The first-order chi connectivity index (χ1) is 16.0. The van der Waals surface area contributed by atoms with Gasteiger partial charge in [0.1, 0.15) is 5.75 Å². The Balaban J connectivity index is 1.46. The van der Waals surface area contributed by atoms with E-state index in [9.17, 15) is 9.59 Å². The third-order valence-corrected chi connectivity index (χ3v) is 5.55. The number of unbranched alkanes of at least 4 members (excludes halogenated alkanes) is 1. The van der Waals surface area contributed by atoms with E-state index in [2.05, 4.69) is 20.1 Å². The fraction of sp³-hybridized carbons (Fsp3) is 0.409. The molecule has 0 saturated carbocycles. The number of hydrogen-bond donors (Lipinski definition) is 1. The average molecular weight is 473 g/mol. The van der Waals surface area contributed by atoms with Crippen LogP contribution < -0.4 is 16.0 Å². The second-order valence-corrected chi connectivity index (χ2v) is 8.06. The molecule has 0 aliphatic heterocycles. The molecule has 4 aromatic rings. The SMILES string of the molecule is CCCCn1c(=O)n(CCCc2nc(Cc3ccc(OC)cc3)no2)c(=O)c2[nH]c(Cl)nc21. The Morgan fingerprint density at radius 3 is 2.58 bits per heavy atom. The van der Waals surface area contributed by atoms with Crippen LogP contribution in [0.3, 0.4) is 0 Å². The van der Waals surface area contributed by atoms with Crippen LogP contribution in [0.1, 0.15) is 43.5 Å². The molecule has 4 rings (SSSR count). The van der Waals surface area contributed by atoms with Crippen molar-refractivity contribution in [2.75, 3.05) is 7.11 Å². The Hall–Kier alpha value is -3.40. The maximum Gasteiger partial charge on any atom is 0.332 e. The minimum atomic E-state index is -0.437. The molecule has 0 radical (unpaired) electrons. The highest BCUT2D eigenvalue weighted by molar-refractivity contribution is 6.28. The minimum Gasteiger partial charge on any atom is -0.497 e. The number of aryl methyl sites for hydroxylation is 2. The lowest BCUT2D eigenvalue weighted by atomic mass is 10.1. The molecule has 0 spiro atoms. The van der Waals surface area contributed by atoms with E-state index in [1.807, 2.05) is 31.2 Å². The molecule has 11 heteroatoms. The zero-order valence-corrected chi connectivity index (χ0v) is 19.3. The Kier molecular flexibility index (Phi) is 6.93. The summed E-state index contributed by atoms with van der Waals surface area (Å²) in [6.45, 7) is 2.71. The molecule has 0 amide bonds. The standard InChI is InChI=1S/C22H25ClN6O4/c1-3-4-11-28-19-18(25-21(23)26-19)20(30)29(22(28)31)12-5-6-17-24-16(27-33-17)13-14-7-9-15(32-2)10-8-14/h7-10H,3-6,11-13H2,1-2H3,(H,25,26). The number of aromatic amines is 1. The third-order valence-electron chi connectivity index (χ3n) is 5.37. The molecule has 0 unspecified atom stereocenters. The Morgan fingerprint density at radius 1 is 1.09 bits per heavy atom. The van der Waals surface area contributed by atoms with E-state index >= 15 is 0 Å².